The van der Waals surface area contributed by atoms with E-state index in [-0.39, 0.29) is 17.4 Å². The van der Waals surface area contributed by atoms with Gasteiger partial charge in [-0.3, -0.25) is 4.79 Å². The van der Waals surface area contributed by atoms with Crippen LogP contribution in [0.3, 0.4) is 0 Å². The van der Waals surface area contributed by atoms with Gasteiger partial charge in [-0.2, -0.15) is 5.26 Å². The van der Waals surface area contributed by atoms with Gasteiger partial charge in [0, 0.05) is 5.69 Å². The number of allylic oxidation sites excluding steroid dienone is 3. The number of amides is 1. The fourth-order valence-electron chi connectivity index (χ4n) is 2.37. The van der Waals surface area contributed by atoms with E-state index >= 15 is 0 Å². The summed E-state index contributed by atoms with van der Waals surface area (Å²) in [5.74, 6) is 0.664. The Kier molecular flexibility index (Phi) is 5.79. The van der Waals surface area contributed by atoms with Gasteiger partial charge in [0.05, 0.1) is 6.61 Å². The van der Waals surface area contributed by atoms with E-state index in [2.05, 4.69) is 17.5 Å². The van der Waals surface area contributed by atoms with Crippen molar-refractivity contribution in [2.24, 2.45) is 5.92 Å². The van der Waals surface area contributed by atoms with Gasteiger partial charge < -0.3 is 10.1 Å². The molecule has 0 saturated carbocycles. The van der Waals surface area contributed by atoms with Crippen LogP contribution in [-0.4, -0.2) is 12.5 Å². The summed E-state index contributed by atoms with van der Waals surface area (Å²) < 4.78 is 5.35. The molecule has 1 N–H and O–H groups in total. The molecule has 0 spiro atoms. The fraction of sp³-hybridized carbons (Fsp3) is 0.333. The summed E-state index contributed by atoms with van der Waals surface area (Å²) in [4.78, 5) is 12.2. The second kappa shape index (κ2) is 8.04. The molecule has 0 bridgehead atoms. The van der Waals surface area contributed by atoms with E-state index in [1.54, 1.807) is 30.3 Å². The summed E-state index contributed by atoms with van der Waals surface area (Å²) in [6, 6.07) is 9.12. The number of nitrogens with zero attached hydrogens (tertiary/aromatic N) is 1. The van der Waals surface area contributed by atoms with Crippen molar-refractivity contribution >= 4 is 11.6 Å². The average molecular weight is 296 g/mol. The lowest BCUT2D eigenvalue weighted by molar-refractivity contribution is -0.112. The number of benzene rings is 1. The first-order chi connectivity index (χ1) is 10.7. The predicted molar refractivity (Wildman–Crippen MR) is 86.4 cm³/mol. The van der Waals surface area contributed by atoms with Crippen LogP contribution in [0.1, 0.15) is 26.2 Å². The van der Waals surface area contributed by atoms with Gasteiger partial charge in [0.25, 0.3) is 5.91 Å². The molecule has 0 saturated heterocycles. The summed E-state index contributed by atoms with van der Waals surface area (Å²) in [5.41, 5.74) is 0.826. The molecule has 0 aliphatic heterocycles. The predicted octanol–water partition coefficient (Wildman–Crippen LogP) is 3.83. The molecule has 1 aromatic rings. The van der Waals surface area contributed by atoms with Crippen LogP contribution in [0.25, 0.3) is 0 Å². The molecule has 4 nitrogen and oxygen atoms in total. The largest absolute Gasteiger partial charge is 0.494 e. The smallest absolute Gasteiger partial charge is 0.265 e. The first-order valence-electron chi connectivity index (χ1n) is 7.54. The second-order valence-electron chi connectivity index (χ2n) is 5.15. The number of hydrogen-bond acceptors (Lipinski definition) is 3. The molecular formula is C18H20N2O2. The minimum absolute atomic E-state index is 0.175. The monoisotopic (exact) mass is 296 g/mol. The maximum atomic E-state index is 12.2. The second-order valence-corrected chi connectivity index (χ2v) is 5.15. The number of anilines is 1. The van der Waals surface area contributed by atoms with Crippen molar-refractivity contribution < 1.29 is 9.53 Å². The molecule has 0 fully saturated rings. The highest BCUT2D eigenvalue weighted by Crippen LogP contribution is 2.21. The van der Waals surface area contributed by atoms with Crippen LogP contribution in [0.4, 0.5) is 5.69 Å². The third kappa shape index (κ3) is 4.49. The Morgan fingerprint density at radius 2 is 2.18 bits per heavy atom. The molecule has 0 aromatic heterocycles. The van der Waals surface area contributed by atoms with Gasteiger partial charge in [-0.15, -0.1) is 0 Å². The van der Waals surface area contributed by atoms with Crippen LogP contribution in [-0.2, 0) is 4.79 Å². The summed E-state index contributed by atoms with van der Waals surface area (Å²) in [6.07, 6.45) is 8.90. The quantitative estimate of drug-likeness (QED) is 0.510. The van der Waals surface area contributed by atoms with Gasteiger partial charge in [-0.25, -0.2) is 0 Å². The number of nitriles is 1. The molecule has 22 heavy (non-hydrogen) atoms. The van der Waals surface area contributed by atoms with E-state index in [1.807, 2.05) is 13.0 Å². The van der Waals surface area contributed by atoms with Crippen molar-refractivity contribution in [1.82, 2.24) is 0 Å². The van der Waals surface area contributed by atoms with Crippen LogP contribution < -0.4 is 10.1 Å². The van der Waals surface area contributed by atoms with Crippen LogP contribution in [0.2, 0.25) is 0 Å². The summed E-state index contributed by atoms with van der Waals surface area (Å²) in [6.45, 7) is 2.52. The number of ether oxygens (including phenoxy) is 1. The lowest BCUT2D eigenvalue weighted by atomic mass is 9.92. The average Bonchev–Trinajstić information content (AvgIpc) is 2.55. The Hall–Kier alpha value is -2.54. The fourth-order valence-corrected chi connectivity index (χ4v) is 2.37. The molecule has 1 amide bonds. The normalized spacial score (nSPS) is 17.6. The molecule has 0 heterocycles. The van der Waals surface area contributed by atoms with Gasteiger partial charge in [-0.05, 0) is 56.4 Å². The van der Waals surface area contributed by atoms with Gasteiger partial charge in [0.15, 0.2) is 0 Å². The van der Waals surface area contributed by atoms with Gasteiger partial charge in [0.1, 0.15) is 17.4 Å². The first kappa shape index (κ1) is 15.8. The zero-order valence-electron chi connectivity index (χ0n) is 12.7. The number of rotatable bonds is 5. The van der Waals surface area contributed by atoms with Crippen molar-refractivity contribution in [2.45, 2.75) is 26.2 Å². The SMILES string of the molecule is CCOc1ccc(NC(=O)/C(C#N)=C\C2CC=CCC2)cc1. The van der Waals surface area contributed by atoms with Crippen LogP contribution >= 0.6 is 0 Å². The highest BCUT2D eigenvalue weighted by atomic mass is 16.5. The molecule has 1 aliphatic carbocycles. The molecule has 1 atom stereocenters. The molecule has 1 aliphatic rings. The maximum Gasteiger partial charge on any atom is 0.265 e. The van der Waals surface area contributed by atoms with Crippen molar-refractivity contribution in [3.63, 3.8) is 0 Å². The van der Waals surface area contributed by atoms with E-state index in [0.29, 0.717) is 12.3 Å². The number of hydrogen-bond donors (Lipinski definition) is 1. The highest BCUT2D eigenvalue weighted by Gasteiger charge is 2.14. The Bertz CT molecular complexity index is 609. The van der Waals surface area contributed by atoms with Crippen molar-refractivity contribution in [2.75, 3.05) is 11.9 Å². The van der Waals surface area contributed by atoms with Gasteiger partial charge >= 0.3 is 0 Å². The van der Waals surface area contributed by atoms with E-state index in [1.165, 1.54) is 0 Å². The maximum absolute atomic E-state index is 12.2. The topological polar surface area (TPSA) is 62.1 Å². The van der Waals surface area contributed by atoms with Crippen LogP contribution in [0.5, 0.6) is 5.75 Å². The first-order valence-corrected chi connectivity index (χ1v) is 7.54. The number of nitrogens with one attached hydrogen (secondary N) is 1. The molecule has 2 rings (SSSR count). The van der Waals surface area contributed by atoms with E-state index < -0.39 is 0 Å². The third-order valence-electron chi connectivity index (χ3n) is 3.50. The molecule has 1 unspecified atom stereocenters. The standard InChI is InChI=1S/C18H20N2O2/c1-2-22-17-10-8-16(9-11-17)20-18(21)15(13-19)12-14-6-4-3-5-7-14/h3-4,8-12,14H,2,5-7H2,1H3,(H,20,21)/b15-12-. The Morgan fingerprint density at radius 3 is 2.77 bits per heavy atom. The molecule has 114 valence electrons. The van der Waals surface area contributed by atoms with Gasteiger partial charge in [0.2, 0.25) is 0 Å². The lowest BCUT2D eigenvalue weighted by Crippen LogP contribution is -2.15. The van der Waals surface area contributed by atoms with Crippen molar-refractivity contribution in [1.29, 1.82) is 5.26 Å². The summed E-state index contributed by atoms with van der Waals surface area (Å²) in [7, 11) is 0. The van der Waals surface area contributed by atoms with E-state index in [0.717, 1.165) is 25.0 Å². The molecule has 1 aromatic carbocycles. The van der Waals surface area contributed by atoms with Crippen molar-refractivity contribution in [3.05, 3.63) is 48.1 Å². The van der Waals surface area contributed by atoms with Gasteiger partial charge in [-0.1, -0.05) is 18.2 Å². The summed E-state index contributed by atoms with van der Waals surface area (Å²) in [5, 5.41) is 12.0. The third-order valence-corrected chi connectivity index (χ3v) is 3.50. The molecular weight excluding hydrogens is 276 g/mol. The minimum Gasteiger partial charge on any atom is -0.494 e. The van der Waals surface area contributed by atoms with Crippen LogP contribution in [0, 0.1) is 17.2 Å². The Balaban J connectivity index is 2.01. The van der Waals surface area contributed by atoms with E-state index in [9.17, 15) is 10.1 Å². The van der Waals surface area contributed by atoms with Crippen molar-refractivity contribution in [3.8, 4) is 11.8 Å². The highest BCUT2D eigenvalue weighted by molar-refractivity contribution is 6.06. The lowest BCUT2D eigenvalue weighted by Gasteiger charge is -2.14. The Labute approximate surface area is 131 Å². The molecule has 4 heteroatoms. The molecule has 0 radical (unpaired) electrons. The zero-order valence-corrected chi connectivity index (χ0v) is 12.7. The summed E-state index contributed by atoms with van der Waals surface area (Å²) >= 11 is 0. The zero-order chi connectivity index (χ0) is 15.8. The Morgan fingerprint density at radius 1 is 1.41 bits per heavy atom. The number of carbonyl (C=O) groups excluding carboxylic acids is 1. The minimum atomic E-state index is -0.360. The number of carbonyl (C=O) groups is 1. The van der Waals surface area contributed by atoms with E-state index in [4.69, 9.17) is 4.74 Å². The van der Waals surface area contributed by atoms with Crippen LogP contribution in [0.15, 0.2) is 48.1 Å².